The SMILES string of the molecule is CCn1ccnc1C1CCN(C(=O)c2ccc[nH]2)CC1. The highest BCUT2D eigenvalue weighted by atomic mass is 16.2. The van der Waals surface area contributed by atoms with Crippen molar-refractivity contribution in [1.29, 1.82) is 0 Å². The van der Waals surface area contributed by atoms with Gasteiger partial charge in [-0.05, 0) is 31.9 Å². The van der Waals surface area contributed by atoms with Gasteiger partial charge < -0.3 is 14.5 Å². The molecule has 0 radical (unpaired) electrons. The summed E-state index contributed by atoms with van der Waals surface area (Å²) in [6.07, 6.45) is 7.67. The van der Waals surface area contributed by atoms with Gasteiger partial charge in [0, 0.05) is 44.1 Å². The molecule has 3 rings (SSSR count). The summed E-state index contributed by atoms with van der Waals surface area (Å²) in [6.45, 7) is 4.70. The van der Waals surface area contributed by atoms with E-state index in [1.807, 2.05) is 29.4 Å². The van der Waals surface area contributed by atoms with Crippen LogP contribution in [0.5, 0.6) is 0 Å². The van der Waals surface area contributed by atoms with E-state index in [-0.39, 0.29) is 5.91 Å². The number of hydrogen-bond donors (Lipinski definition) is 1. The highest BCUT2D eigenvalue weighted by molar-refractivity contribution is 5.92. The van der Waals surface area contributed by atoms with Crippen molar-refractivity contribution in [2.24, 2.45) is 0 Å². The molecule has 1 aliphatic heterocycles. The van der Waals surface area contributed by atoms with Gasteiger partial charge in [-0.3, -0.25) is 4.79 Å². The number of carbonyl (C=O) groups excluding carboxylic acids is 1. The lowest BCUT2D eigenvalue weighted by atomic mass is 9.95. The minimum atomic E-state index is 0.104. The summed E-state index contributed by atoms with van der Waals surface area (Å²) in [6, 6.07) is 3.69. The summed E-state index contributed by atoms with van der Waals surface area (Å²) >= 11 is 0. The van der Waals surface area contributed by atoms with E-state index in [0.717, 1.165) is 32.5 Å². The molecule has 1 aliphatic rings. The molecule has 106 valence electrons. The summed E-state index contributed by atoms with van der Waals surface area (Å²) in [4.78, 5) is 21.7. The van der Waals surface area contributed by atoms with Gasteiger partial charge in [-0.15, -0.1) is 0 Å². The van der Waals surface area contributed by atoms with Crippen molar-refractivity contribution in [3.05, 3.63) is 42.2 Å². The van der Waals surface area contributed by atoms with Crippen LogP contribution < -0.4 is 0 Å². The summed E-state index contributed by atoms with van der Waals surface area (Å²) in [7, 11) is 0. The first-order chi connectivity index (χ1) is 9.79. The monoisotopic (exact) mass is 272 g/mol. The standard InChI is InChI=1S/C15H20N4O/c1-2-18-11-8-17-14(18)12-5-9-19(10-6-12)15(20)13-4-3-7-16-13/h3-4,7-8,11-12,16H,2,5-6,9-10H2,1H3. The maximum atomic E-state index is 12.3. The topological polar surface area (TPSA) is 53.9 Å². The molecule has 2 aromatic rings. The fourth-order valence-electron chi connectivity index (χ4n) is 2.92. The van der Waals surface area contributed by atoms with Gasteiger partial charge in [0.2, 0.25) is 0 Å². The summed E-state index contributed by atoms with van der Waals surface area (Å²) in [5.41, 5.74) is 0.679. The number of aromatic amines is 1. The molecule has 5 heteroatoms. The quantitative estimate of drug-likeness (QED) is 0.931. The van der Waals surface area contributed by atoms with Gasteiger partial charge in [-0.25, -0.2) is 4.98 Å². The molecule has 2 aromatic heterocycles. The Kier molecular flexibility index (Phi) is 3.58. The van der Waals surface area contributed by atoms with Crippen LogP contribution in [0.3, 0.4) is 0 Å². The van der Waals surface area contributed by atoms with Crippen LogP contribution in [0.15, 0.2) is 30.7 Å². The van der Waals surface area contributed by atoms with Crippen molar-refractivity contribution >= 4 is 5.91 Å². The molecule has 5 nitrogen and oxygen atoms in total. The van der Waals surface area contributed by atoms with Crippen molar-refractivity contribution in [3.8, 4) is 0 Å². The third-order valence-corrected chi connectivity index (χ3v) is 4.06. The van der Waals surface area contributed by atoms with Crippen LogP contribution in [0.2, 0.25) is 0 Å². The number of likely N-dealkylation sites (tertiary alicyclic amines) is 1. The number of piperidine rings is 1. The molecule has 0 spiro atoms. The third kappa shape index (κ3) is 2.35. The Morgan fingerprint density at radius 2 is 2.25 bits per heavy atom. The van der Waals surface area contributed by atoms with Gasteiger partial charge in [-0.2, -0.15) is 0 Å². The molecule has 1 N–H and O–H groups in total. The van der Waals surface area contributed by atoms with Crippen molar-refractivity contribution in [1.82, 2.24) is 19.4 Å². The number of carbonyl (C=O) groups is 1. The molecule has 3 heterocycles. The lowest BCUT2D eigenvalue weighted by Crippen LogP contribution is -2.38. The second kappa shape index (κ2) is 5.53. The summed E-state index contributed by atoms with van der Waals surface area (Å²) in [5, 5.41) is 0. The Labute approximate surface area is 118 Å². The first kappa shape index (κ1) is 13.0. The van der Waals surface area contributed by atoms with Crippen LogP contribution in [0.25, 0.3) is 0 Å². The summed E-state index contributed by atoms with van der Waals surface area (Å²) < 4.78 is 2.20. The van der Waals surface area contributed by atoms with Gasteiger partial charge in [0.05, 0.1) is 0 Å². The van der Waals surface area contributed by atoms with Crippen molar-refractivity contribution in [2.75, 3.05) is 13.1 Å². The molecule has 0 aromatic carbocycles. The molecule has 0 saturated carbocycles. The number of imidazole rings is 1. The van der Waals surface area contributed by atoms with E-state index >= 15 is 0 Å². The van der Waals surface area contributed by atoms with E-state index in [0.29, 0.717) is 11.6 Å². The van der Waals surface area contributed by atoms with E-state index in [1.54, 1.807) is 6.20 Å². The molecule has 1 amide bonds. The van der Waals surface area contributed by atoms with Gasteiger partial charge in [-0.1, -0.05) is 0 Å². The van der Waals surface area contributed by atoms with Crippen LogP contribution in [0.1, 0.15) is 42.0 Å². The maximum absolute atomic E-state index is 12.3. The minimum Gasteiger partial charge on any atom is -0.357 e. The highest BCUT2D eigenvalue weighted by Gasteiger charge is 2.26. The molecule has 0 bridgehead atoms. The second-order valence-corrected chi connectivity index (χ2v) is 5.22. The van der Waals surface area contributed by atoms with Crippen LogP contribution in [0.4, 0.5) is 0 Å². The number of H-pyrrole nitrogens is 1. The number of nitrogens with one attached hydrogen (secondary N) is 1. The van der Waals surface area contributed by atoms with Crippen molar-refractivity contribution in [3.63, 3.8) is 0 Å². The lowest BCUT2D eigenvalue weighted by Gasteiger charge is -2.31. The fourth-order valence-corrected chi connectivity index (χ4v) is 2.92. The number of aromatic nitrogens is 3. The molecule has 0 atom stereocenters. The average Bonchev–Trinajstić information content (AvgIpc) is 3.17. The predicted molar refractivity (Wildman–Crippen MR) is 76.6 cm³/mol. The van der Waals surface area contributed by atoms with Crippen LogP contribution in [-0.2, 0) is 6.54 Å². The van der Waals surface area contributed by atoms with Crippen molar-refractivity contribution < 1.29 is 4.79 Å². The zero-order valence-electron chi connectivity index (χ0n) is 11.7. The van der Waals surface area contributed by atoms with Crippen LogP contribution >= 0.6 is 0 Å². The minimum absolute atomic E-state index is 0.104. The van der Waals surface area contributed by atoms with Crippen molar-refractivity contribution in [2.45, 2.75) is 32.2 Å². The smallest absolute Gasteiger partial charge is 0.270 e. The lowest BCUT2D eigenvalue weighted by molar-refractivity contribution is 0.0705. The van der Waals surface area contributed by atoms with E-state index in [9.17, 15) is 4.79 Å². The number of rotatable bonds is 3. The first-order valence-corrected chi connectivity index (χ1v) is 7.23. The molecule has 0 unspecified atom stereocenters. The van der Waals surface area contributed by atoms with Gasteiger partial charge >= 0.3 is 0 Å². The average molecular weight is 272 g/mol. The normalized spacial score (nSPS) is 16.6. The van der Waals surface area contributed by atoms with E-state index in [1.165, 1.54) is 5.82 Å². The Morgan fingerprint density at radius 1 is 1.45 bits per heavy atom. The molecule has 1 saturated heterocycles. The number of aryl methyl sites for hydroxylation is 1. The third-order valence-electron chi connectivity index (χ3n) is 4.06. The molecular weight excluding hydrogens is 252 g/mol. The first-order valence-electron chi connectivity index (χ1n) is 7.23. The Hall–Kier alpha value is -2.04. The molecule has 20 heavy (non-hydrogen) atoms. The van der Waals surface area contributed by atoms with E-state index in [2.05, 4.69) is 21.5 Å². The van der Waals surface area contributed by atoms with Gasteiger partial charge in [0.1, 0.15) is 11.5 Å². The predicted octanol–water partition coefficient (Wildman–Crippen LogP) is 2.25. The Bertz CT molecular complexity index is 564. The zero-order chi connectivity index (χ0) is 13.9. The zero-order valence-corrected chi connectivity index (χ0v) is 11.7. The Balaban J connectivity index is 1.64. The largest absolute Gasteiger partial charge is 0.357 e. The maximum Gasteiger partial charge on any atom is 0.270 e. The second-order valence-electron chi connectivity index (χ2n) is 5.22. The summed E-state index contributed by atoms with van der Waals surface area (Å²) in [5.74, 6) is 1.74. The van der Waals surface area contributed by atoms with E-state index in [4.69, 9.17) is 0 Å². The number of amides is 1. The molecule has 0 aliphatic carbocycles. The number of nitrogens with zero attached hydrogens (tertiary/aromatic N) is 3. The van der Waals surface area contributed by atoms with E-state index < -0.39 is 0 Å². The van der Waals surface area contributed by atoms with Crippen LogP contribution in [0, 0.1) is 0 Å². The highest BCUT2D eigenvalue weighted by Crippen LogP contribution is 2.27. The Morgan fingerprint density at radius 3 is 2.90 bits per heavy atom. The number of hydrogen-bond acceptors (Lipinski definition) is 2. The van der Waals surface area contributed by atoms with Gasteiger partial charge in [0.25, 0.3) is 5.91 Å². The van der Waals surface area contributed by atoms with Gasteiger partial charge in [0.15, 0.2) is 0 Å². The molecular formula is C15H20N4O. The fraction of sp³-hybridized carbons (Fsp3) is 0.467. The van der Waals surface area contributed by atoms with Crippen LogP contribution in [-0.4, -0.2) is 38.4 Å². The molecule has 1 fully saturated rings.